The van der Waals surface area contributed by atoms with Crippen LogP contribution in [0, 0.1) is 20.8 Å². The molecule has 26 heavy (non-hydrogen) atoms. The number of unbranched alkanes of at least 4 members (excludes halogenated alkanes) is 2. The zero-order valence-corrected chi connectivity index (χ0v) is 16.6. The molecule has 0 aliphatic carbocycles. The van der Waals surface area contributed by atoms with Crippen LogP contribution in [0.3, 0.4) is 0 Å². The Bertz CT molecular complexity index is 850. The average Bonchev–Trinajstić information content (AvgIpc) is 2.59. The summed E-state index contributed by atoms with van der Waals surface area (Å²) in [5.74, 6) is -0.319. The highest BCUT2D eigenvalue weighted by atomic mass is 16.2. The monoisotopic (exact) mass is 354 g/mol. The molecule has 1 N–H and O–H groups in total. The fraction of sp³-hybridized carbons (Fsp3) is 0.455. The van der Waals surface area contributed by atoms with Gasteiger partial charge in [-0.15, -0.1) is 0 Å². The summed E-state index contributed by atoms with van der Waals surface area (Å²) in [6.07, 6.45) is 4.14. The lowest BCUT2D eigenvalue weighted by Gasteiger charge is -2.18. The van der Waals surface area contributed by atoms with E-state index in [9.17, 15) is 9.59 Å². The maximum atomic E-state index is 12.9. The number of benzene rings is 1. The SMILES string of the molecule is CCCCCn1c(C)cc(=O)c(C(=O)Nc2c(C)cccc2CC)c1C. The van der Waals surface area contributed by atoms with Crippen molar-refractivity contribution in [1.29, 1.82) is 0 Å². The second kappa shape index (κ2) is 8.84. The normalized spacial score (nSPS) is 10.8. The highest BCUT2D eigenvalue weighted by Gasteiger charge is 2.19. The predicted octanol–water partition coefficient (Wildman–Crippen LogP) is 4.78. The third-order valence-corrected chi connectivity index (χ3v) is 4.97. The van der Waals surface area contributed by atoms with E-state index in [1.54, 1.807) is 6.07 Å². The molecule has 1 heterocycles. The summed E-state index contributed by atoms with van der Waals surface area (Å²) in [5, 5.41) is 2.99. The summed E-state index contributed by atoms with van der Waals surface area (Å²) in [5.41, 5.74) is 4.59. The molecule has 0 saturated heterocycles. The van der Waals surface area contributed by atoms with E-state index >= 15 is 0 Å². The Hall–Kier alpha value is -2.36. The molecule has 4 heteroatoms. The second-order valence-corrected chi connectivity index (χ2v) is 6.89. The summed E-state index contributed by atoms with van der Waals surface area (Å²) in [6.45, 7) is 10.8. The van der Waals surface area contributed by atoms with Crippen LogP contribution in [-0.4, -0.2) is 10.5 Å². The minimum Gasteiger partial charge on any atom is -0.348 e. The van der Waals surface area contributed by atoms with Crippen LogP contribution in [0.4, 0.5) is 5.69 Å². The standard InChI is InChI=1S/C22H30N2O2/c1-6-8-9-13-24-16(4)14-19(25)20(17(24)5)22(26)23-21-15(3)11-10-12-18(21)7-2/h10-12,14H,6-9,13H2,1-5H3,(H,23,26). The summed E-state index contributed by atoms with van der Waals surface area (Å²) in [6, 6.07) is 7.54. The van der Waals surface area contributed by atoms with Gasteiger partial charge in [0.1, 0.15) is 5.56 Å². The van der Waals surface area contributed by atoms with Crippen molar-refractivity contribution in [1.82, 2.24) is 4.57 Å². The van der Waals surface area contributed by atoms with Gasteiger partial charge in [0.25, 0.3) is 5.91 Å². The lowest BCUT2D eigenvalue weighted by Crippen LogP contribution is -2.27. The second-order valence-electron chi connectivity index (χ2n) is 6.89. The van der Waals surface area contributed by atoms with Gasteiger partial charge in [-0.2, -0.15) is 0 Å². The van der Waals surface area contributed by atoms with Gasteiger partial charge in [0.15, 0.2) is 5.43 Å². The number of para-hydroxylation sites is 1. The molecule has 0 radical (unpaired) electrons. The molecular weight excluding hydrogens is 324 g/mol. The van der Waals surface area contributed by atoms with Crippen LogP contribution in [0.5, 0.6) is 0 Å². The summed E-state index contributed by atoms with van der Waals surface area (Å²) in [4.78, 5) is 25.5. The topological polar surface area (TPSA) is 51.1 Å². The lowest BCUT2D eigenvalue weighted by molar-refractivity contribution is 0.102. The largest absolute Gasteiger partial charge is 0.348 e. The van der Waals surface area contributed by atoms with Crippen molar-refractivity contribution in [2.45, 2.75) is 66.8 Å². The van der Waals surface area contributed by atoms with Gasteiger partial charge in [-0.1, -0.05) is 44.9 Å². The van der Waals surface area contributed by atoms with Gasteiger partial charge in [-0.25, -0.2) is 0 Å². The first-order valence-corrected chi connectivity index (χ1v) is 9.51. The molecule has 1 amide bonds. The van der Waals surface area contributed by atoms with E-state index in [2.05, 4.69) is 23.7 Å². The highest BCUT2D eigenvalue weighted by Crippen LogP contribution is 2.22. The fourth-order valence-electron chi connectivity index (χ4n) is 3.44. The van der Waals surface area contributed by atoms with Crippen molar-refractivity contribution in [2.75, 3.05) is 5.32 Å². The van der Waals surface area contributed by atoms with Crippen molar-refractivity contribution in [3.05, 3.63) is 62.6 Å². The summed E-state index contributed by atoms with van der Waals surface area (Å²) < 4.78 is 2.09. The third-order valence-electron chi connectivity index (χ3n) is 4.97. The molecule has 0 saturated carbocycles. The average molecular weight is 354 g/mol. The Balaban J connectivity index is 2.40. The Morgan fingerprint density at radius 2 is 1.85 bits per heavy atom. The number of aromatic nitrogens is 1. The summed E-state index contributed by atoms with van der Waals surface area (Å²) in [7, 11) is 0. The smallest absolute Gasteiger partial charge is 0.261 e. The quantitative estimate of drug-likeness (QED) is 0.728. The molecule has 0 aliphatic rings. The van der Waals surface area contributed by atoms with Gasteiger partial charge in [-0.3, -0.25) is 9.59 Å². The molecule has 0 spiro atoms. The first kappa shape index (κ1) is 20.0. The van der Waals surface area contributed by atoms with E-state index in [0.717, 1.165) is 60.4 Å². The number of carbonyl (C=O) groups is 1. The number of aryl methyl sites for hydroxylation is 3. The molecule has 140 valence electrons. The Morgan fingerprint density at radius 1 is 1.12 bits per heavy atom. The van der Waals surface area contributed by atoms with Crippen molar-refractivity contribution in [3.8, 4) is 0 Å². The van der Waals surface area contributed by atoms with Gasteiger partial charge in [0, 0.05) is 29.7 Å². The zero-order valence-electron chi connectivity index (χ0n) is 16.6. The van der Waals surface area contributed by atoms with Gasteiger partial charge in [0.2, 0.25) is 0 Å². The van der Waals surface area contributed by atoms with E-state index < -0.39 is 0 Å². The van der Waals surface area contributed by atoms with Crippen molar-refractivity contribution < 1.29 is 4.79 Å². The summed E-state index contributed by atoms with van der Waals surface area (Å²) >= 11 is 0. The maximum Gasteiger partial charge on any atom is 0.261 e. The number of hydrogen-bond donors (Lipinski definition) is 1. The third kappa shape index (κ3) is 4.24. The highest BCUT2D eigenvalue weighted by molar-refractivity contribution is 6.05. The lowest BCUT2D eigenvalue weighted by atomic mass is 10.0. The minimum atomic E-state index is -0.319. The molecule has 0 unspecified atom stereocenters. The number of pyridine rings is 1. The van der Waals surface area contributed by atoms with Crippen LogP contribution in [-0.2, 0) is 13.0 Å². The van der Waals surface area contributed by atoms with Crippen molar-refractivity contribution in [3.63, 3.8) is 0 Å². The molecule has 1 aromatic heterocycles. The number of carbonyl (C=O) groups excluding carboxylic acids is 1. The molecule has 2 aromatic rings. The van der Waals surface area contributed by atoms with Gasteiger partial charge in [-0.05, 0) is 44.7 Å². The zero-order chi connectivity index (χ0) is 19.3. The van der Waals surface area contributed by atoms with Gasteiger partial charge < -0.3 is 9.88 Å². The number of nitrogens with zero attached hydrogens (tertiary/aromatic N) is 1. The molecule has 0 aliphatic heterocycles. The molecule has 0 fully saturated rings. The van der Waals surface area contributed by atoms with E-state index in [1.165, 1.54) is 0 Å². The maximum absolute atomic E-state index is 12.9. The van der Waals surface area contributed by atoms with Crippen molar-refractivity contribution >= 4 is 11.6 Å². The Labute approximate surface area is 156 Å². The number of amides is 1. The van der Waals surface area contributed by atoms with Crippen LogP contribution in [0.1, 0.15) is 66.0 Å². The van der Waals surface area contributed by atoms with Crippen LogP contribution in [0.25, 0.3) is 0 Å². The first-order chi connectivity index (χ1) is 12.4. The van der Waals surface area contributed by atoms with E-state index in [-0.39, 0.29) is 16.9 Å². The number of rotatable bonds is 7. The molecule has 0 bridgehead atoms. The Morgan fingerprint density at radius 3 is 2.50 bits per heavy atom. The molecule has 4 nitrogen and oxygen atoms in total. The van der Waals surface area contributed by atoms with Gasteiger partial charge in [0.05, 0.1) is 0 Å². The minimum absolute atomic E-state index is 0.212. The number of hydrogen-bond acceptors (Lipinski definition) is 2. The molecule has 0 atom stereocenters. The Kier molecular flexibility index (Phi) is 6.78. The fourth-order valence-corrected chi connectivity index (χ4v) is 3.44. The number of nitrogens with one attached hydrogen (secondary N) is 1. The predicted molar refractivity (Wildman–Crippen MR) is 108 cm³/mol. The van der Waals surface area contributed by atoms with E-state index in [0.29, 0.717) is 0 Å². The van der Waals surface area contributed by atoms with Crippen molar-refractivity contribution in [2.24, 2.45) is 0 Å². The van der Waals surface area contributed by atoms with Crippen LogP contribution in [0.2, 0.25) is 0 Å². The molecule has 2 rings (SSSR count). The van der Waals surface area contributed by atoms with E-state index in [4.69, 9.17) is 0 Å². The van der Waals surface area contributed by atoms with Crippen LogP contribution in [0.15, 0.2) is 29.1 Å². The van der Waals surface area contributed by atoms with Gasteiger partial charge >= 0.3 is 0 Å². The molecule has 1 aromatic carbocycles. The van der Waals surface area contributed by atoms with Crippen LogP contribution < -0.4 is 10.7 Å². The first-order valence-electron chi connectivity index (χ1n) is 9.51. The van der Waals surface area contributed by atoms with E-state index in [1.807, 2.05) is 39.0 Å². The molecular formula is C22H30N2O2. The number of anilines is 1. The van der Waals surface area contributed by atoms with Crippen LogP contribution >= 0.6 is 0 Å².